The summed E-state index contributed by atoms with van der Waals surface area (Å²) in [6.45, 7) is 0. The quantitative estimate of drug-likeness (QED) is 0.707. The normalized spacial score (nSPS) is 16.9. The monoisotopic (exact) mass is 376 g/mol. The molecule has 2 aliphatic heterocycles. The number of phenols is 1. The molecule has 0 saturated carbocycles. The van der Waals surface area contributed by atoms with Gasteiger partial charge in [0, 0.05) is 25.7 Å². The zero-order chi connectivity index (χ0) is 19.7. The zero-order valence-electron chi connectivity index (χ0n) is 13.7. The van der Waals surface area contributed by atoms with Crippen molar-refractivity contribution in [2.24, 2.45) is 0 Å². The molecular weight excluding hydrogens is 364 g/mol. The number of carbonyl (C=O) groups is 6. The van der Waals surface area contributed by atoms with Gasteiger partial charge in [-0.25, -0.2) is 9.59 Å². The molecule has 1 aromatic rings. The molecule has 27 heavy (non-hydrogen) atoms. The fourth-order valence-electron chi connectivity index (χ4n) is 2.43. The molecule has 2 heterocycles. The van der Waals surface area contributed by atoms with Crippen LogP contribution in [0.3, 0.4) is 0 Å². The lowest BCUT2D eigenvalue weighted by Gasteiger charge is -2.14. The van der Waals surface area contributed by atoms with Crippen LogP contribution in [0.25, 0.3) is 0 Å². The fraction of sp³-hybridized carbons (Fsp3) is 0.250. The van der Waals surface area contributed by atoms with Gasteiger partial charge in [-0.1, -0.05) is 0 Å². The Bertz CT molecular complexity index is 792. The number of aromatic hydroxyl groups is 1. The van der Waals surface area contributed by atoms with Gasteiger partial charge >= 0.3 is 11.9 Å². The number of amides is 4. The Morgan fingerprint density at radius 1 is 0.704 bits per heavy atom. The number of imide groups is 2. The van der Waals surface area contributed by atoms with Crippen molar-refractivity contribution in [3.05, 3.63) is 29.3 Å². The van der Waals surface area contributed by atoms with Crippen molar-refractivity contribution in [2.45, 2.75) is 25.7 Å². The molecule has 11 nitrogen and oxygen atoms in total. The van der Waals surface area contributed by atoms with Crippen molar-refractivity contribution in [1.82, 2.24) is 10.1 Å². The molecule has 1 aromatic carbocycles. The molecular formula is C16H12N2O9. The number of nitrogens with zero attached hydrogens (tertiary/aromatic N) is 2. The molecule has 4 amide bonds. The Kier molecular flexibility index (Phi) is 4.59. The molecule has 0 bridgehead atoms. The lowest BCUT2D eigenvalue weighted by Crippen LogP contribution is -2.32. The maximum atomic E-state index is 12.1. The SMILES string of the molecule is O=C(ON1C(=O)CCC1=O)c1cc(O)cc(C(=O)ON2C(=O)CCC2=O)c1. The van der Waals surface area contributed by atoms with E-state index in [9.17, 15) is 33.9 Å². The summed E-state index contributed by atoms with van der Waals surface area (Å²) in [5.41, 5.74) is -0.706. The Hall–Kier alpha value is -3.76. The molecule has 11 heteroatoms. The highest BCUT2D eigenvalue weighted by atomic mass is 16.7. The second-order valence-corrected chi connectivity index (χ2v) is 5.69. The van der Waals surface area contributed by atoms with Crippen molar-refractivity contribution >= 4 is 35.6 Å². The van der Waals surface area contributed by atoms with Crippen LogP contribution in [0, 0.1) is 0 Å². The number of hydrogen-bond acceptors (Lipinski definition) is 9. The van der Waals surface area contributed by atoms with E-state index in [1.807, 2.05) is 0 Å². The van der Waals surface area contributed by atoms with E-state index in [4.69, 9.17) is 9.68 Å². The highest BCUT2D eigenvalue weighted by molar-refractivity contribution is 6.04. The van der Waals surface area contributed by atoms with Crippen LogP contribution >= 0.6 is 0 Å². The van der Waals surface area contributed by atoms with Gasteiger partial charge in [-0.3, -0.25) is 19.2 Å². The predicted octanol–water partition coefficient (Wildman–Crippen LogP) is -0.166. The van der Waals surface area contributed by atoms with Crippen molar-refractivity contribution in [3.8, 4) is 5.75 Å². The third-order valence-electron chi connectivity index (χ3n) is 3.75. The molecule has 140 valence electrons. The number of hydroxylamine groups is 4. The van der Waals surface area contributed by atoms with E-state index in [1.165, 1.54) is 0 Å². The maximum absolute atomic E-state index is 12.1. The van der Waals surface area contributed by atoms with Crippen LogP contribution in [0.15, 0.2) is 18.2 Å². The van der Waals surface area contributed by atoms with Crippen molar-refractivity contribution in [3.63, 3.8) is 0 Å². The predicted molar refractivity (Wildman–Crippen MR) is 81.1 cm³/mol. The summed E-state index contributed by atoms with van der Waals surface area (Å²) in [6, 6.07) is 2.84. The van der Waals surface area contributed by atoms with Crippen LogP contribution < -0.4 is 0 Å². The molecule has 0 aromatic heterocycles. The molecule has 2 aliphatic rings. The van der Waals surface area contributed by atoms with E-state index < -0.39 is 41.3 Å². The molecule has 1 N–H and O–H groups in total. The Morgan fingerprint density at radius 2 is 1.04 bits per heavy atom. The number of rotatable bonds is 4. The minimum Gasteiger partial charge on any atom is -0.508 e. The van der Waals surface area contributed by atoms with Crippen molar-refractivity contribution < 1.29 is 43.5 Å². The number of benzene rings is 1. The van der Waals surface area contributed by atoms with E-state index in [-0.39, 0.29) is 36.8 Å². The van der Waals surface area contributed by atoms with Crippen LogP contribution in [0.1, 0.15) is 46.4 Å². The average Bonchev–Trinajstić information content (AvgIpc) is 3.11. The van der Waals surface area contributed by atoms with Crippen LogP contribution in [0.2, 0.25) is 0 Å². The Labute approximate surface area is 150 Å². The average molecular weight is 376 g/mol. The van der Waals surface area contributed by atoms with Crippen LogP contribution in [-0.2, 0) is 28.9 Å². The van der Waals surface area contributed by atoms with E-state index in [1.54, 1.807) is 0 Å². The van der Waals surface area contributed by atoms with Gasteiger partial charge in [0.05, 0.1) is 11.1 Å². The van der Waals surface area contributed by atoms with Gasteiger partial charge in [0.1, 0.15) is 5.75 Å². The topological polar surface area (TPSA) is 148 Å². The Morgan fingerprint density at radius 3 is 1.37 bits per heavy atom. The molecule has 0 atom stereocenters. The number of hydrogen-bond donors (Lipinski definition) is 1. The van der Waals surface area contributed by atoms with Crippen LogP contribution in [0.5, 0.6) is 5.75 Å². The third-order valence-corrected chi connectivity index (χ3v) is 3.75. The highest BCUT2D eigenvalue weighted by Crippen LogP contribution is 2.21. The second kappa shape index (κ2) is 6.86. The van der Waals surface area contributed by atoms with E-state index in [0.717, 1.165) is 18.2 Å². The molecule has 0 radical (unpaired) electrons. The van der Waals surface area contributed by atoms with Gasteiger partial charge < -0.3 is 14.8 Å². The maximum Gasteiger partial charge on any atom is 0.364 e. The van der Waals surface area contributed by atoms with Gasteiger partial charge in [0.25, 0.3) is 23.6 Å². The first-order chi connectivity index (χ1) is 12.8. The number of carbonyl (C=O) groups excluding carboxylic acids is 6. The first kappa shape index (κ1) is 18.0. The summed E-state index contributed by atoms with van der Waals surface area (Å²) in [6.07, 6.45) is -0.382. The highest BCUT2D eigenvalue weighted by Gasteiger charge is 2.35. The fourth-order valence-corrected chi connectivity index (χ4v) is 2.43. The second-order valence-electron chi connectivity index (χ2n) is 5.69. The molecule has 2 fully saturated rings. The summed E-state index contributed by atoms with van der Waals surface area (Å²) < 4.78 is 0. The lowest BCUT2D eigenvalue weighted by molar-refractivity contribution is -0.173. The lowest BCUT2D eigenvalue weighted by atomic mass is 10.1. The summed E-state index contributed by atoms with van der Waals surface area (Å²) in [5.74, 6) is -5.64. The van der Waals surface area contributed by atoms with Gasteiger partial charge in [-0.2, -0.15) is 0 Å². The summed E-state index contributed by atoms with van der Waals surface area (Å²) in [5, 5.41) is 10.3. The first-order valence-electron chi connectivity index (χ1n) is 7.76. The smallest absolute Gasteiger partial charge is 0.364 e. The van der Waals surface area contributed by atoms with Gasteiger partial charge in [-0.05, 0) is 18.2 Å². The standard InChI is InChI=1S/C16H12N2O9/c19-10-6-8(15(24)26-17-11(20)1-2-12(17)21)5-9(7-10)16(25)27-18-13(22)3-4-14(18)23/h5-7,19H,1-4H2. The van der Waals surface area contributed by atoms with Gasteiger partial charge in [-0.15, -0.1) is 10.1 Å². The number of phenolic OH excluding ortho intramolecular Hbond substituents is 1. The van der Waals surface area contributed by atoms with E-state index in [0.29, 0.717) is 10.1 Å². The summed E-state index contributed by atoms with van der Waals surface area (Å²) in [7, 11) is 0. The van der Waals surface area contributed by atoms with Crippen LogP contribution in [-0.4, -0.2) is 50.8 Å². The van der Waals surface area contributed by atoms with Crippen LogP contribution in [0.4, 0.5) is 0 Å². The molecule has 2 saturated heterocycles. The molecule has 3 rings (SSSR count). The van der Waals surface area contributed by atoms with E-state index >= 15 is 0 Å². The molecule has 0 aliphatic carbocycles. The first-order valence-corrected chi connectivity index (χ1v) is 7.76. The van der Waals surface area contributed by atoms with Crippen molar-refractivity contribution in [2.75, 3.05) is 0 Å². The minimum atomic E-state index is -1.17. The van der Waals surface area contributed by atoms with Gasteiger partial charge in [0.2, 0.25) is 0 Å². The largest absolute Gasteiger partial charge is 0.508 e. The van der Waals surface area contributed by atoms with Crippen molar-refractivity contribution in [1.29, 1.82) is 0 Å². The summed E-state index contributed by atoms with van der Waals surface area (Å²) >= 11 is 0. The third kappa shape index (κ3) is 3.61. The Balaban J connectivity index is 1.77. The van der Waals surface area contributed by atoms with E-state index in [2.05, 4.69) is 0 Å². The summed E-state index contributed by atoms with van der Waals surface area (Å²) in [4.78, 5) is 79.6. The molecule has 0 unspecified atom stereocenters. The van der Waals surface area contributed by atoms with Gasteiger partial charge in [0.15, 0.2) is 0 Å². The minimum absolute atomic E-state index is 0.0956. The zero-order valence-corrected chi connectivity index (χ0v) is 13.7. The molecule has 0 spiro atoms.